The largest absolute Gasteiger partial charge is 0.481 e. The standard InChI is InChI=1S/C8H10O4/c1-3-12-8(11)6(2)4-5-7(9)10/h3-4H,1,5H2,2H3,(H,9,10). The summed E-state index contributed by atoms with van der Waals surface area (Å²) < 4.78 is 4.40. The van der Waals surface area contributed by atoms with Crippen molar-refractivity contribution in [3.63, 3.8) is 0 Å². The first-order valence-electron chi connectivity index (χ1n) is 3.28. The molecule has 0 unspecified atom stereocenters. The zero-order valence-electron chi connectivity index (χ0n) is 6.74. The summed E-state index contributed by atoms with van der Waals surface area (Å²) in [6.07, 6.45) is 2.10. The molecule has 0 aromatic carbocycles. The number of carbonyl (C=O) groups excluding carboxylic acids is 1. The molecule has 0 saturated carbocycles. The van der Waals surface area contributed by atoms with Crippen molar-refractivity contribution in [3.05, 3.63) is 24.5 Å². The first-order valence-corrected chi connectivity index (χ1v) is 3.28. The molecule has 0 atom stereocenters. The number of hydrogen-bond donors (Lipinski definition) is 1. The number of aliphatic carboxylic acids is 1. The van der Waals surface area contributed by atoms with Crippen LogP contribution in [-0.4, -0.2) is 17.0 Å². The van der Waals surface area contributed by atoms with E-state index in [4.69, 9.17) is 5.11 Å². The third kappa shape index (κ3) is 4.27. The number of carboxylic acid groups (broad SMARTS) is 1. The van der Waals surface area contributed by atoms with Crippen LogP contribution in [0.4, 0.5) is 0 Å². The second-order valence-electron chi connectivity index (χ2n) is 2.06. The molecule has 66 valence electrons. The molecule has 12 heavy (non-hydrogen) atoms. The van der Waals surface area contributed by atoms with E-state index in [1.54, 1.807) is 0 Å². The number of rotatable bonds is 4. The van der Waals surface area contributed by atoms with Crippen LogP contribution in [0, 0.1) is 0 Å². The molecule has 0 rings (SSSR count). The van der Waals surface area contributed by atoms with Crippen LogP contribution in [0.5, 0.6) is 0 Å². The van der Waals surface area contributed by atoms with Gasteiger partial charge in [-0.3, -0.25) is 4.79 Å². The third-order valence-electron chi connectivity index (χ3n) is 1.10. The molecule has 0 heterocycles. The van der Waals surface area contributed by atoms with Gasteiger partial charge in [0.25, 0.3) is 0 Å². The molecule has 1 N–H and O–H groups in total. The smallest absolute Gasteiger partial charge is 0.338 e. The zero-order chi connectivity index (χ0) is 9.56. The van der Waals surface area contributed by atoms with E-state index in [2.05, 4.69) is 11.3 Å². The average Bonchev–Trinajstić information content (AvgIpc) is 2.00. The maximum Gasteiger partial charge on any atom is 0.338 e. The van der Waals surface area contributed by atoms with Crippen molar-refractivity contribution in [2.75, 3.05) is 0 Å². The Morgan fingerprint density at radius 1 is 1.58 bits per heavy atom. The fourth-order valence-electron chi connectivity index (χ4n) is 0.492. The van der Waals surface area contributed by atoms with Gasteiger partial charge in [-0.25, -0.2) is 4.79 Å². The van der Waals surface area contributed by atoms with Gasteiger partial charge in [-0.05, 0) is 6.92 Å². The fourth-order valence-corrected chi connectivity index (χ4v) is 0.492. The minimum Gasteiger partial charge on any atom is -0.481 e. The maximum absolute atomic E-state index is 10.8. The Hall–Kier alpha value is -1.58. The SMILES string of the molecule is C=COC(=O)C(C)=CCC(=O)O. The van der Waals surface area contributed by atoms with E-state index in [1.165, 1.54) is 13.0 Å². The van der Waals surface area contributed by atoms with Crippen LogP contribution in [0.15, 0.2) is 24.5 Å². The highest BCUT2D eigenvalue weighted by Crippen LogP contribution is 1.98. The lowest BCUT2D eigenvalue weighted by Crippen LogP contribution is -2.02. The lowest BCUT2D eigenvalue weighted by atomic mass is 10.2. The van der Waals surface area contributed by atoms with E-state index >= 15 is 0 Å². The Bertz CT molecular complexity index is 227. The number of carboxylic acids is 1. The van der Waals surface area contributed by atoms with Gasteiger partial charge in [-0.2, -0.15) is 0 Å². The lowest BCUT2D eigenvalue weighted by molar-refractivity contribution is -0.136. The van der Waals surface area contributed by atoms with Gasteiger partial charge >= 0.3 is 11.9 Å². The first kappa shape index (κ1) is 10.4. The Kier molecular flexibility index (Phi) is 4.45. The van der Waals surface area contributed by atoms with Crippen molar-refractivity contribution in [3.8, 4) is 0 Å². The summed E-state index contributed by atoms with van der Waals surface area (Å²) in [7, 11) is 0. The van der Waals surface area contributed by atoms with Gasteiger partial charge in [0.05, 0.1) is 12.7 Å². The van der Waals surface area contributed by atoms with Gasteiger partial charge in [-0.1, -0.05) is 12.7 Å². The van der Waals surface area contributed by atoms with Crippen LogP contribution in [0.25, 0.3) is 0 Å². The van der Waals surface area contributed by atoms with Gasteiger partial charge in [0.1, 0.15) is 0 Å². The predicted octanol–water partition coefficient (Wildman–Crippen LogP) is 1.09. The molecule has 0 fully saturated rings. The maximum atomic E-state index is 10.8. The van der Waals surface area contributed by atoms with Crippen molar-refractivity contribution >= 4 is 11.9 Å². The summed E-state index contributed by atoms with van der Waals surface area (Å²) in [5.74, 6) is -1.56. The van der Waals surface area contributed by atoms with E-state index < -0.39 is 11.9 Å². The van der Waals surface area contributed by atoms with Crippen molar-refractivity contribution < 1.29 is 19.4 Å². The van der Waals surface area contributed by atoms with Crippen molar-refractivity contribution in [2.45, 2.75) is 13.3 Å². The molecule has 0 saturated heterocycles. The minimum atomic E-state index is -0.985. The van der Waals surface area contributed by atoms with Crippen LogP contribution in [0.1, 0.15) is 13.3 Å². The van der Waals surface area contributed by atoms with Crippen LogP contribution in [-0.2, 0) is 14.3 Å². The van der Waals surface area contributed by atoms with Crippen LogP contribution in [0.2, 0.25) is 0 Å². The molecule has 0 radical (unpaired) electrons. The highest BCUT2D eigenvalue weighted by molar-refractivity contribution is 5.88. The fraction of sp³-hybridized carbons (Fsp3) is 0.250. The van der Waals surface area contributed by atoms with E-state index in [-0.39, 0.29) is 12.0 Å². The molecule has 0 aromatic heterocycles. The molecule has 0 bridgehead atoms. The Morgan fingerprint density at radius 2 is 2.17 bits per heavy atom. The second-order valence-corrected chi connectivity index (χ2v) is 2.06. The summed E-state index contributed by atoms with van der Waals surface area (Å²) >= 11 is 0. The normalized spacial score (nSPS) is 10.6. The molecule has 0 spiro atoms. The zero-order valence-corrected chi connectivity index (χ0v) is 6.74. The van der Waals surface area contributed by atoms with Crippen molar-refractivity contribution in [2.24, 2.45) is 0 Å². The van der Waals surface area contributed by atoms with Crippen molar-refractivity contribution in [1.29, 1.82) is 0 Å². The quantitative estimate of drug-likeness (QED) is 0.389. The first-order chi connectivity index (χ1) is 5.57. The van der Waals surface area contributed by atoms with E-state index in [1.807, 2.05) is 0 Å². The second kappa shape index (κ2) is 5.12. The van der Waals surface area contributed by atoms with E-state index in [9.17, 15) is 9.59 Å². The molecule has 0 aliphatic heterocycles. The Balaban J connectivity index is 4.07. The molecule has 4 heteroatoms. The number of hydrogen-bond acceptors (Lipinski definition) is 3. The minimum absolute atomic E-state index is 0.182. The molecule has 0 aliphatic carbocycles. The number of ether oxygens (including phenoxy) is 1. The Morgan fingerprint density at radius 3 is 2.58 bits per heavy atom. The van der Waals surface area contributed by atoms with Gasteiger partial charge in [0, 0.05) is 5.57 Å². The summed E-state index contributed by atoms with van der Waals surface area (Å²) in [6, 6.07) is 0. The van der Waals surface area contributed by atoms with Crippen LogP contribution in [0.3, 0.4) is 0 Å². The molecular weight excluding hydrogens is 160 g/mol. The summed E-state index contributed by atoms with van der Waals surface area (Å²) in [5.41, 5.74) is 0.261. The molecule has 0 aliphatic rings. The third-order valence-corrected chi connectivity index (χ3v) is 1.10. The highest BCUT2D eigenvalue weighted by atomic mass is 16.5. The highest BCUT2D eigenvalue weighted by Gasteiger charge is 2.03. The number of carbonyl (C=O) groups is 2. The van der Waals surface area contributed by atoms with Crippen molar-refractivity contribution in [1.82, 2.24) is 0 Å². The van der Waals surface area contributed by atoms with Gasteiger partial charge in [-0.15, -0.1) is 0 Å². The molecular formula is C8H10O4. The van der Waals surface area contributed by atoms with Gasteiger partial charge < -0.3 is 9.84 Å². The number of esters is 1. The van der Waals surface area contributed by atoms with Crippen LogP contribution < -0.4 is 0 Å². The molecule has 4 nitrogen and oxygen atoms in total. The monoisotopic (exact) mass is 170 g/mol. The predicted molar refractivity (Wildman–Crippen MR) is 42.3 cm³/mol. The van der Waals surface area contributed by atoms with Gasteiger partial charge in [0.2, 0.25) is 0 Å². The van der Waals surface area contributed by atoms with Crippen LogP contribution >= 0.6 is 0 Å². The summed E-state index contributed by atoms with van der Waals surface area (Å²) in [4.78, 5) is 20.9. The van der Waals surface area contributed by atoms with E-state index in [0.29, 0.717) is 0 Å². The average molecular weight is 170 g/mol. The summed E-state index contributed by atoms with van der Waals surface area (Å²) in [6.45, 7) is 4.67. The molecule has 0 aromatic rings. The topological polar surface area (TPSA) is 63.6 Å². The van der Waals surface area contributed by atoms with Gasteiger partial charge in [0.15, 0.2) is 0 Å². The lowest BCUT2D eigenvalue weighted by Gasteiger charge is -1.96. The Labute approximate surface area is 70.1 Å². The summed E-state index contributed by atoms with van der Waals surface area (Å²) in [5, 5.41) is 8.26. The molecule has 0 amide bonds. The van der Waals surface area contributed by atoms with E-state index in [0.717, 1.165) is 6.26 Å².